The van der Waals surface area contributed by atoms with Crippen molar-refractivity contribution in [3.8, 4) is 0 Å². The highest BCUT2D eigenvalue weighted by molar-refractivity contribution is 8.01. The van der Waals surface area contributed by atoms with Gasteiger partial charge < -0.3 is 4.74 Å². The van der Waals surface area contributed by atoms with Crippen LogP contribution in [-0.2, 0) is 16.1 Å². The van der Waals surface area contributed by atoms with Crippen molar-refractivity contribution in [3.05, 3.63) is 144 Å². The Balaban J connectivity index is 1.47. The van der Waals surface area contributed by atoms with Crippen molar-refractivity contribution in [3.63, 3.8) is 0 Å². The normalized spacial score (nSPS) is 18.7. The van der Waals surface area contributed by atoms with E-state index in [1.54, 1.807) is 0 Å². The lowest BCUT2D eigenvalue weighted by Crippen LogP contribution is -2.29. The number of likely N-dealkylation sites (tertiary alicyclic amines) is 1. The third kappa shape index (κ3) is 4.83. The molecule has 5 rings (SSSR count). The van der Waals surface area contributed by atoms with E-state index in [-0.39, 0.29) is 11.0 Å². The van der Waals surface area contributed by atoms with Crippen molar-refractivity contribution in [1.29, 1.82) is 0 Å². The highest BCUT2D eigenvalue weighted by Gasteiger charge is 2.42. The van der Waals surface area contributed by atoms with E-state index in [1.807, 2.05) is 6.07 Å². The van der Waals surface area contributed by atoms with Gasteiger partial charge in [0.2, 0.25) is 0 Å². The molecule has 2 atom stereocenters. The van der Waals surface area contributed by atoms with Crippen molar-refractivity contribution >= 4 is 11.8 Å². The molecule has 4 aromatic rings. The summed E-state index contributed by atoms with van der Waals surface area (Å²) in [6.07, 6.45) is 1.13. The zero-order valence-electron chi connectivity index (χ0n) is 19.6. The highest BCUT2D eigenvalue weighted by atomic mass is 32.2. The van der Waals surface area contributed by atoms with E-state index >= 15 is 0 Å². The molecule has 34 heavy (non-hydrogen) atoms. The van der Waals surface area contributed by atoms with Crippen LogP contribution in [0.4, 0.5) is 0 Å². The van der Waals surface area contributed by atoms with Crippen molar-refractivity contribution in [1.82, 2.24) is 4.90 Å². The van der Waals surface area contributed by atoms with Crippen molar-refractivity contribution in [2.75, 3.05) is 13.6 Å². The Labute approximate surface area is 207 Å². The second-order valence-corrected chi connectivity index (χ2v) is 10.5. The van der Waals surface area contributed by atoms with Crippen LogP contribution in [0, 0.1) is 0 Å². The molecule has 172 valence electrons. The van der Waals surface area contributed by atoms with Crippen LogP contribution in [0.3, 0.4) is 0 Å². The van der Waals surface area contributed by atoms with Gasteiger partial charge in [-0.15, -0.1) is 11.8 Å². The summed E-state index contributed by atoms with van der Waals surface area (Å²) in [6.45, 7) is 1.65. The fraction of sp³-hybridized carbons (Fsp3) is 0.226. The predicted octanol–water partition coefficient (Wildman–Crippen LogP) is 6.96. The molecule has 0 aliphatic carbocycles. The van der Waals surface area contributed by atoms with Gasteiger partial charge in [0.15, 0.2) is 0 Å². The standard InChI is InChI=1S/C31H31NOS/c1-32-23-29(22-30(32)33-24-25-14-6-2-7-15-25)34-31(26-16-8-3-9-17-26,27-18-10-4-11-19-27)28-20-12-5-13-21-28/h2-21,29-30H,22-24H2,1H3/t29-,30+/m1/s1. The lowest BCUT2D eigenvalue weighted by Gasteiger charge is -2.37. The Hall–Kier alpha value is -2.85. The summed E-state index contributed by atoms with van der Waals surface area (Å²) in [5.74, 6) is 0. The average Bonchev–Trinajstić information content (AvgIpc) is 3.26. The molecule has 0 N–H and O–H groups in total. The van der Waals surface area contributed by atoms with E-state index < -0.39 is 0 Å². The van der Waals surface area contributed by atoms with E-state index in [2.05, 4.69) is 139 Å². The Morgan fingerprint density at radius 3 is 1.62 bits per heavy atom. The first-order chi connectivity index (χ1) is 16.8. The number of hydrogen-bond donors (Lipinski definition) is 0. The first-order valence-corrected chi connectivity index (χ1v) is 12.8. The molecule has 0 radical (unpaired) electrons. The largest absolute Gasteiger partial charge is 0.358 e. The molecule has 1 heterocycles. The molecular formula is C31H31NOS. The average molecular weight is 466 g/mol. The van der Waals surface area contributed by atoms with Gasteiger partial charge >= 0.3 is 0 Å². The van der Waals surface area contributed by atoms with Crippen molar-refractivity contribution < 1.29 is 4.74 Å². The number of rotatable bonds is 8. The molecule has 2 nitrogen and oxygen atoms in total. The van der Waals surface area contributed by atoms with Gasteiger partial charge in [-0.05, 0) is 29.3 Å². The first-order valence-electron chi connectivity index (χ1n) is 12.0. The monoisotopic (exact) mass is 465 g/mol. The molecule has 1 aliphatic rings. The quantitative estimate of drug-likeness (QED) is 0.261. The molecule has 1 fully saturated rings. The summed E-state index contributed by atoms with van der Waals surface area (Å²) >= 11 is 2.07. The van der Waals surface area contributed by atoms with E-state index in [1.165, 1.54) is 22.3 Å². The highest BCUT2D eigenvalue weighted by Crippen LogP contribution is 2.52. The fourth-order valence-corrected chi connectivity index (χ4v) is 6.83. The van der Waals surface area contributed by atoms with Crippen LogP contribution >= 0.6 is 11.8 Å². The van der Waals surface area contributed by atoms with E-state index in [0.29, 0.717) is 11.9 Å². The topological polar surface area (TPSA) is 12.5 Å². The Kier molecular flexibility index (Phi) is 7.15. The summed E-state index contributed by atoms with van der Waals surface area (Å²) in [4.78, 5) is 2.37. The van der Waals surface area contributed by atoms with Gasteiger partial charge in [0.1, 0.15) is 6.23 Å². The maximum atomic E-state index is 6.38. The molecule has 0 amide bonds. The van der Waals surface area contributed by atoms with Crippen LogP contribution in [0.2, 0.25) is 0 Å². The molecule has 0 bridgehead atoms. The zero-order chi connectivity index (χ0) is 23.2. The van der Waals surface area contributed by atoms with E-state index in [9.17, 15) is 0 Å². The van der Waals surface area contributed by atoms with Crippen molar-refractivity contribution in [2.24, 2.45) is 0 Å². The summed E-state index contributed by atoms with van der Waals surface area (Å²) in [5, 5.41) is 0.436. The van der Waals surface area contributed by atoms with Crippen LogP contribution < -0.4 is 0 Å². The van der Waals surface area contributed by atoms with Crippen LogP contribution in [0.5, 0.6) is 0 Å². The second kappa shape index (κ2) is 10.6. The second-order valence-electron chi connectivity index (χ2n) is 8.95. The van der Waals surface area contributed by atoms with Gasteiger partial charge in [0.25, 0.3) is 0 Å². The number of hydrogen-bond acceptors (Lipinski definition) is 3. The van der Waals surface area contributed by atoms with Crippen LogP contribution in [0.1, 0.15) is 28.7 Å². The van der Waals surface area contributed by atoms with Gasteiger partial charge in [-0.25, -0.2) is 0 Å². The van der Waals surface area contributed by atoms with E-state index in [0.717, 1.165) is 13.0 Å². The smallest absolute Gasteiger partial charge is 0.111 e. The molecule has 1 aliphatic heterocycles. The number of nitrogens with zero attached hydrogens (tertiary/aromatic N) is 1. The van der Waals surface area contributed by atoms with Crippen LogP contribution in [0.25, 0.3) is 0 Å². The molecule has 0 unspecified atom stereocenters. The number of ether oxygens (including phenoxy) is 1. The number of benzene rings is 4. The third-order valence-electron chi connectivity index (χ3n) is 6.62. The minimum absolute atomic E-state index is 0.123. The maximum absolute atomic E-state index is 6.38. The van der Waals surface area contributed by atoms with Gasteiger partial charge in [0, 0.05) is 18.2 Å². The molecule has 0 spiro atoms. The summed E-state index contributed by atoms with van der Waals surface area (Å²) in [6, 6.07) is 43.3. The third-order valence-corrected chi connectivity index (χ3v) is 8.35. The summed E-state index contributed by atoms with van der Waals surface area (Å²) < 4.78 is 6.09. The molecule has 1 saturated heterocycles. The lowest BCUT2D eigenvalue weighted by atomic mass is 9.84. The van der Waals surface area contributed by atoms with Gasteiger partial charge in [-0.3, -0.25) is 4.90 Å². The van der Waals surface area contributed by atoms with Gasteiger partial charge in [-0.2, -0.15) is 0 Å². The number of thioether (sulfide) groups is 1. The first kappa shape index (κ1) is 22.9. The molecule has 3 heteroatoms. The molecular weight excluding hydrogens is 434 g/mol. The molecule has 4 aromatic carbocycles. The Morgan fingerprint density at radius 2 is 1.15 bits per heavy atom. The molecule has 0 aromatic heterocycles. The summed E-state index contributed by atoms with van der Waals surface area (Å²) in [5.41, 5.74) is 5.16. The van der Waals surface area contributed by atoms with Crippen molar-refractivity contribution in [2.45, 2.75) is 29.3 Å². The Morgan fingerprint density at radius 1 is 0.706 bits per heavy atom. The van der Waals surface area contributed by atoms with E-state index in [4.69, 9.17) is 4.74 Å². The SMILES string of the molecule is CN1C[C@H](SC(c2ccccc2)(c2ccccc2)c2ccccc2)C[C@@H]1OCc1ccccc1. The predicted molar refractivity (Wildman–Crippen MR) is 143 cm³/mol. The van der Waals surface area contributed by atoms with Gasteiger partial charge in [-0.1, -0.05) is 121 Å². The fourth-order valence-electron chi connectivity index (χ4n) is 4.94. The van der Waals surface area contributed by atoms with Crippen LogP contribution in [0.15, 0.2) is 121 Å². The van der Waals surface area contributed by atoms with Crippen LogP contribution in [-0.4, -0.2) is 30.0 Å². The maximum Gasteiger partial charge on any atom is 0.111 e. The zero-order valence-corrected chi connectivity index (χ0v) is 20.4. The Bertz CT molecular complexity index is 1050. The lowest BCUT2D eigenvalue weighted by molar-refractivity contribution is -0.0337. The molecule has 0 saturated carbocycles. The minimum Gasteiger partial charge on any atom is -0.358 e. The van der Waals surface area contributed by atoms with Gasteiger partial charge in [0.05, 0.1) is 11.4 Å². The minimum atomic E-state index is -0.288. The summed E-state index contributed by atoms with van der Waals surface area (Å²) in [7, 11) is 2.19.